The maximum Gasteiger partial charge on any atom is 0.352 e. The summed E-state index contributed by atoms with van der Waals surface area (Å²) >= 11 is 13.5. The van der Waals surface area contributed by atoms with Gasteiger partial charge in [-0.15, -0.1) is 0 Å². The summed E-state index contributed by atoms with van der Waals surface area (Å²) in [7, 11) is 5.21. The lowest BCUT2D eigenvalue weighted by Crippen LogP contribution is -2.43. The fourth-order valence-corrected chi connectivity index (χ4v) is 8.50. The SMILES string of the molecule is COCCOc1ccc(N2CC(C)n3c(c(CCCOc4cc(C)c(Cl)c(C)c4)c4ccc(Cl)c(-c5c(C)nn(C)c5C)c43)C2=O)c2c1cc(C(=O)O)n2C. The molecule has 4 heterocycles. The molecule has 288 valence electrons. The number of benzene rings is 3. The van der Waals surface area contributed by atoms with Crippen LogP contribution in [0.4, 0.5) is 5.69 Å². The summed E-state index contributed by atoms with van der Waals surface area (Å²) in [4.78, 5) is 29.4. The minimum absolute atomic E-state index is 0.0823. The summed E-state index contributed by atoms with van der Waals surface area (Å²) < 4.78 is 23.1. The summed E-state index contributed by atoms with van der Waals surface area (Å²) in [6.07, 6.45) is 1.19. The smallest absolute Gasteiger partial charge is 0.352 e. The predicted molar refractivity (Wildman–Crippen MR) is 217 cm³/mol. The molecule has 1 aliphatic rings. The Bertz CT molecular complexity index is 2490. The third-order valence-corrected chi connectivity index (χ3v) is 11.7. The van der Waals surface area contributed by atoms with Crippen molar-refractivity contribution in [1.82, 2.24) is 18.9 Å². The van der Waals surface area contributed by atoms with Crippen LogP contribution in [-0.4, -0.2) is 69.4 Å². The Morgan fingerprint density at radius 1 is 0.927 bits per heavy atom. The number of carbonyl (C=O) groups excluding carboxylic acids is 1. The van der Waals surface area contributed by atoms with E-state index in [2.05, 4.69) is 11.5 Å². The quantitative estimate of drug-likeness (QED) is 0.123. The number of aryl methyl sites for hydroxylation is 6. The van der Waals surface area contributed by atoms with E-state index in [0.29, 0.717) is 65.7 Å². The van der Waals surface area contributed by atoms with Gasteiger partial charge in [-0.05, 0) is 101 Å². The van der Waals surface area contributed by atoms with Crippen LogP contribution in [0.15, 0.2) is 42.5 Å². The summed E-state index contributed by atoms with van der Waals surface area (Å²) in [6, 6.07) is 12.8. The van der Waals surface area contributed by atoms with Crippen LogP contribution < -0.4 is 14.4 Å². The van der Waals surface area contributed by atoms with Crippen LogP contribution in [0.3, 0.4) is 0 Å². The van der Waals surface area contributed by atoms with Crippen molar-refractivity contribution >= 4 is 62.6 Å². The van der Waals surface area contributed by atoms with Gasteiger partial charge in [-0.1, -0.05) is 29.3 Å². The number of carboxylic acids is 1. The van der Waals surface area contributed by atoms with Crippen LogP contribution in [0.1, 0.15) is 68.4 Å². The second kappa shape index (κ2) is 14.9. The van der Waals surface area contributed by atoms with Crippen molar-refractivity contribution in [2.75, 3.05) is 38.4 Å². The van der Waals surface area contributed by atoms with Gasteiger partial charge in [0.2, 0.25) is 0 Å². The van der Waals surface area contributed by atoms with Crippen LogP contribution in [0.25, 0.3) is 32.9 Å². The van der Waals surface area contributed by atoms with Crippen molar-refractivity contribution in [1.29, 1.82) is 0 Å². The normalized spacial score (nSPS) is 14.3. The number of carbonyl (C=O) groups is 2. The van der Waals surface area contributed by atoms with Gasteiger partial charge < -0.3 is 33.4 Å². The first-order valence-electron chi connectivity index (χ1n) is 18.3. The number of hydrogen-bond donors (Lipinski definition) is 1. The molecule has 1 N–H and O–H groups in total. The molecule has 55 heavy (non-hydrogen) atoms. The van der Waals surface area contributed by atoms with Crippen LogP contribution in [0.2, 0.25) is 10.0 Å². The molecular weight excluding hydrogens is 741 g/mol. The molecule has 11 nitrogen and oxygen atoms in total. The molecule has 3 aromatic heterocycles. The maximum absolute atomic E-state index is 15.2. The van der Waals surface area contributed by atoms with Gasteiger partial charge in [-0.3, -0.25) is 9.48 Å². The number of aromatic carboxylic acids is 1. The molecule has 0 spiro atoms. The number of anilines is 1. The Labute approximate surface area is 329 Å². The van der Waals surface area contributed by atoms with Crippen molar-refractivity contribution in [3.05, 3.63) is 92.0 Å². The average Bonchev–Trinajstić information content (AvgIpc) is 3.76. The number of methoxy groups -OCH3 is 1. The average molecular weight is 787 g/mol. The minimum Gasteiger partial charge on any atom is -0.494 e. The van der Waals surface area contributed by atoms with E-state index in [9.17, 15) is 9.90 Å². The van der Waals surface area contributed by atoms with Gasteiger partial charge in [0.25, 0.3) is 5.91 Å². The Morgan fingerprint density at radius 2 is 1.65 bits per heavy atom. The monoisotopic (exact) mass is 785 g/mol. The van der Waals surface area contributed by atoms with Gasteiger partial charge in [0.1, 0.15) is 29.5 Å². The van der Waals surface area contributed by atoms with Gasteiger partial charge in [0.15, 0.2) is 0 Å². The molecular formula is C42H45Cl2N5O6. The van der Waals surface area contributed by atoms with Crippen molar-refractivity contribution in [2.24, 2.45) is 14.1 Å². The van der Waals surface area contributed by atoms with E-state index in [0.717, 1.165) is 60.9 Å². The number of aromatic nitrogens is 4. The lowest BCUT2D eigenvalue weighted by atomic mass is 9.98. The molecule has 1 amide bonds. The third kappa shape index (κ3) is 6.51. The number of carboxylic acid groups (broad SMARTS) is 1. The van der Waals surface area contributed by atoms with E-state index in [-0.39, 0.29) is 24.2 Å². The van der Waals surface area contributed by atoms with Crippen LogP contribution in [0, 0.1) is 27.7 Å². The first-order valence-corrected chi connectivity index (χ1v) is 19.0. The highest BCUT2D eigenvalue weighted by Gasteiger charge is 2.38. The molecule has 0 radical (unpaired) electrons. The molecule has 0 aliphatic carbocycles. The Kier molecular flexibility index (Phi) is 10.4. The second-order valence-electron chi connectivity index (χ2n) is 14.4. The predicted octanol–water partition coefficient (Wildman–Crippen LogP) is 9.03. The number of fused-ring (bicyclic) bond motifs is 4. The summed E-state index contributed by atoms with van der Waals surface area (Å²) in [6.45, 7) is 11.4. The topological polar surface area (TPSA) is 113 Å². The van der Waals surface area contributed by atoms with E-state index in [1.807, 2.05) is 69.8 Å². The molecule has 7 rings (SSSR count). The van der Waals surface area contributed by atoms with Crippen molar-refractivity contribution in [2.45, 2.75) is 53.5 Å². The van der Waals surface area contributed by atoms with E-state index in [1.165, 1.54) is 0 Å². The van der Waals surface area contributed by atoms with Crippen LogP contribution in [-0.2, 0) is 25.3 Å². The van der Waals surface area contributed by atoms with E-state index in [1.54, 1.807) is 35.8 Å². The first kappa shape index (κ1) is 38.3. The van der Waals surface area contributed by atoms with Crippen LogP contribution in [0.5, 0.6) is 11.5 Å². The zero-order chi connectivity index (χ0) is 39.5. The molecule has 0 saturated heterocycles. The molecule has 1 atom stereocenters. The number of hydrogen-bond acceptors (Lipinski definition) is 6. The highest BCUT2D eigenvalue weighted by Crippen LogP contribution is 2.46. The zero-order valence-electron chi connectivity index (χ0n) is 32.3. The number of nitrogens with zero attached hydrogens (tertiary/aromatic N) is 5. The molecule has 0 bridgehead atoms. The molecule has 3 aromatic carbocycles. The number of halogens is 2. The van der Waals surface area contributed by atoms with E-state index < -0.39 is 5.97 Å². The molecule has 1 unspecified atom stereocenters. The lowest BCUT2D eigenvalue weighted by Gasteiger charge is -2.35. The highest BCUT2D eigenvalue weighted by atomic mass is 35.5. The molecule has 0 fully saturated rings. The van der Waals surface area contributed by atoms with Crippen molar-refractivity contribution in [3.63, 3.8) is 0 Å². The molecule has 13 heteroatoms. The Balaban J connectivity index is 1.38. The highest BCUT2D eigenvalue weighted by molar-refractivity contribution is 6.35. The van der Waals surface area contributed by atoms with Gasteiger partial charge in [0.05, 0.1) is 40.7 Å². The van der Waals surface area contributed by atoms with Crippen LogP contribution >= 0.6 is 23.2 Å². The third-order valence-electron chi connectivity index (χ3n) is 10.8. The zero-order valence-corrected chi connectivity index (χ0v) is 33.9. The number of ether oxygens (including phenoxy) is 3. The molecule has 6 aromatic rings. The van der Waals surface area contributed by atoms with Gasteiger partial charge in [-0.2, -0.15) is 5.10 Å². The van der Waals surface area contributed by atoms with Gasteiger partial charge in [-0.25, -0.2) is 4.79 Å². The standard InChI is InChI=1S/C42H45Cl2N5O6/c1-22-18-27(19-23(2)37(22)44)54-15-9-10-28-29-11-12-31(43)36(35-25(4)45-47(7)26(35)5)39(29)49-24(3)21-48(41(50)40(28)49)32-13-14-34(55-17-16-53-8)30-20-33(42(51)52)46(6)38(30)32/h11-14,18-20,24H,9-10,15-17,21H2,1-8H3,(H,51,52). The fraction of sp³-hybridized carbons (Fsp3) is 0.357. The van der Waals surface area contributed by atoms with Gasteiger partial charge in [0, 0.05) is 66.4 Å². The summed E-state index contributed by atoms with van der Waals surface area (Å²) in [5, 5.41) is 17.7. The maximum atomic E-state index is 15.2. The number of rotatable bonds is 12. The van der Waals surface area contributed by atoms with Crippen molar-refractivity contribution < 1.29 is 28.9 Å². The van der Waals surface area contributed by atoms with Crippen molar-refractivity contribution in [3.8, 4) is 22.6 Å². The summed E-state index contributed by atoms with van der Waals surface area (Å²) in [5.74, 6) is -0.00976. The Morgan fingerprint density at radius 3 is 2.31 bits per heavy atom. The second-order valence-corrected chi connectivity index (χ2v) is 15.1. The summed E-state index contributed by atoms with van der Waals surface area (Å²) in [5.41, 5.74) is 9.13. The number of amides is 1. The first-order chi connectivity index (χ1) is 26.2. The largest absolute Gasteiger partial charge is 0.494 e. The van der Waals surface area contributed by atoms with E-state index in [4.69, 9.17) is 42.5 Å². The van der Waals surface area contributed by atoms with E-state index >= 15 is 4.79 Å². The van der Waals surface area contributed by atoms with Gasteiger partial charge >= 0.3 is 5.97 Å². The molecule has 0 saturated carbocycles. The molecule has 1 aliphatic heterocycles. The Hall–Kier alpha value is -4.97. The minimum atomic E-state index is -1.08. The fourth-order valence-electron chi connectivity index (χ4n) is 8.14. The lowest BCUT2D eigenvalue weighted by molar-refractivity contribution is 0.0687.